The zero-order valence-electron chi connectivity index (χ0n) is 5.55. The normalized spacial score (nSPS) is 23.2. The summed E-state index contributed by atoms with van der Waals surface area (Å²) in [5, 5.41) is 0. The molecule has 1 fully saturated rings. The maximum atomic E-state index is 2.40. The van der Waals surface area contributed by atoms with Gasteiger partial charge < -0.3 is 0 Å². The third-order valence-corrected chi connectivity index (χ3v) is 2.57. The summed E-state index contributed by atoms with van der Waals surface area (Å²) in [6, 6.07) is 0. The van der Waals surface area contributed by atoms with Crippen molar-refractivity contribution >= 4 is 11.9 Å². The molecule has 48 valence electrons. The number of nitrogens with zero attached hydrogens (tertiary/aromatic N) is 1. The zero-order chi connectivity index (χ0) is 5.98. The van der Waals surface area contributed by atoms with Crippen LogP contribution in [-0.2, 0) is 0 Å². The fourth-order valence-corrected chi connectivity index (χ4v) is 1.65. The van der Waals surface area contributed by atoms with Crippen molar-refractivity contribution in [1.29, 1.82) is 0 Å². The smallest absolute Gasteiger partial charge is 0.0130 e. The quantitative estimate of drug-likeness (QED) is 0.524. The van der Waals surface area contributed by atoms with Crippen LogP contribution >= 0.6 is 11.9 Å². The highest BCUT2D eigenvalue weighted by atomic mass is 32.2. The van der Waals surface area contributed by atoms with E-state index in [9.17, 15) is 0 Å². The summed E-state index contributed by atoms with van der Waals surface area (Å²) in [5.41, 5.74) is 0. The van der Waals surface area contributed by atoms with E-state index in [0.717, 1.165) is 5.92 Å². The van der Waals surface area contributed by atoms with E-state index in [4.69, 9.17) is 0 Å². The van der Waals surface area contributed by atoms with E-state index in [1.54, 1.807) is 0 Å². The van der Waals surface area contributed by atoms with Crippen LogP contribution in [-0.4, -0.2) is 23.7 Å². The van der Waals surface area contributed by atoms with Crippen molar-refractivity contribution in [1.82, 2.24) is 4.31 Å². The first-order chi connectivity index (χ1) is 3.86. The summed E-state index contributed by atoms with van der Waals surface area (Å²) in [7, 11) is 0. The van der Waals surface area contributed by atoms with Crippen molar-refractivity contribution in [3.8, 4) is 0 Å². The summed E-state index contributed by atoms with van der Waals surface area (Å²) < 4.78 is 2.40. The molecule has 0 aromatic heterocycles. The minimum Gasteiger partial charge on any atom is -0.250 e. The van der Waals surface area contributed by atoms with Gasteiger partial charge in [-0.05, 0) is 12.2 Å². The van der Waals surface area contributed by atoms with Gasteiger partial charge in [-0.15, -0.1) is 0 Å². The predicted octanol–water partition coefficient (Wildman–Crippen LogP) is 1.61. The van der Waals surface area contributed by atoms with Gasteiger partial charge in [0.25, 0.3) is 0 Å². The van der Waals surface area contributed by atoms with Crippen LogP contribution in [0.1, 0.15) is 13.3 Å². The monoisotopic (exact) mass is 131 g/mol. The molecule has 0 N–H and O–H groups in total. The van der Waals surface area contributed by atoms with E-state index in [1.165, 1.54) is 19.5 Å². The first-order valence-corrected chi connectivity index (χ1v) is 4.34. The third kappa shape index (κ3) is 1.17. The maximum absolute atomic E-state index is 2.40. The van der Waals surface area contributed by atoms with Crippen LogP contribution in [0.5, 0.6) is 0 Å². The van der Waals surface area contributed by atoms with Crippen LogP contribution in [0.4, 0.5) is 0 Å². The molecule has 0 atom stereocenters. The van der Waals surface area contributed by atoms with Crippen LogP contribution in [0, 0.1) is 5.92 Å². The van der Waals surface area contributed by atoms with Crippen molar-refractivity contribution < 1.29 is 0 Å². The van der Waals surface area contributed by atoms with E-state index >= 15 is 0 Å². The molecular formula is C6H13NS. The molecule has 1 heterocycles. The van der Waals surface area contributed by atoms with Gasteiger partial charge in [0.2, 0.25) is 0 Å². The van der Waals surface area contributed by atoms with E-state index < -0.39 is 0 Å². The van der Waals surface area contributed by atoms with Crippen molar-refractivity contribution in [2.24, 2.45) is 5.92 Å². The van der Waals surface area contributed by atoms with Crippen LogP contribution in [0.15, 0.2) is 0 Å². The lowest BCUT2D eigenvalue weighted by Crippen LogP contribution is -2.41. The van der Waals surface area contributed by atoms with Gasteiger partial charge in [-0.3, -0.25) is 4.31 Å². The molecule has 0 saturated carbocycles. The van der Waals surface area contributed by atoms with E-state index in [1.807, 2.05) is 11.9 Å². The summed E-state index contributed by atoms with van der Waals surface area (Å²) in [4.78, 5) is 0. The highest BCUT2D eigenvalue weighted by Crippen LogP contribution is 2.23. The minimum absolute atomic E-state index is 1.00. The summed E-state index contributed by atoms with van der Waals surface area (Å²) >= 11 is 1.86. The van der Waals surface area contributed by atoms with Crippen molar-refractivity contribution in [2.75, 3.05) is 19.3 Å². The van der Waals surface area contributed by atoms with Gasteiger partial charge in [-0.2, -0.15) is 0 Å². The Kier molecular flexibility index (Phi) is 2.20. The second-order valence-corrected chi connectivity index (χ2v) is 3.19. The molecular weight excluding hydrogens is 118 g/mol. The largest absolute Gasteiger partial charge is 0.250 e. The fourth-order valence-electron chi connectivity index (χ4n) is 0.930. The second kappa shape index (κ2) is 2.74. The van der Waals surface area contributed by atoms with E-state index in [2.05, 4.69) is 17.5 Å². The molecule has 0 aliphatic carbocycles. The molecule has 1 rings (SSSR count). The Morgan fingerprint density at radius 2 is 2.25 bits per heavy atom. The molecule has 8 heavy (non-hydrogen) atoms. The molecule has 2 heteroatoms. The zero-order valence-corrected chi connectivity index (χ0v) is 6.37. The van der Waals surface area contributed by atoms with Crippen LogP contribution in [0.25, 0.3) is 0 Å². The average Bonchev–Trinajstić information content (AvgIpc) is 1.65. The van der Waals surface area contributed by atoms with Gasteiger partial charge in [0.15, 0.2) is 0 Å². The topological polar surface area (TPSA) is 3.24 Å². The Labute approximate surface area is 55.6 Å². The molecule has 1 nitrogen and oxygen atoms in total. The third-order valence-electron chi connectivity index (χ3n) is 1.76. The molecule has 1 aliphatic rings. The molecule has 0 bridgehead atoms. The molecule has 0 unspecified atom stereocenters. The lowest BCUT2D eigenvalue weighted by Gasteiger charge is -2.36. The molecule has 1 aliphatic heterocycles. The predicted molar refractivity (Wildman–Crippen MR) is 38.9 cm³/mol. The minimum atomic E-state index is 1.00. The van der Waals surface area contributed by atoms with Gasteiger partial charge >= 0.3 is 0 Å². The van der Waals surface area contributed by atoms with Gasteiger partial charge in [0, 0.05) is 13.1 Å². The first-order valence-electron chi connectivity index (χ1n) is 3.16. The first kappa shape index (κ1) is 6.43. The van der Waals surface area contributed by atoms with Gasteiger partial charge in [0.1, 0.15) is 0 Å². The van der Waals surface area contributed by atoms with Gasteiger partial charge in [-0.25, -0.2) is 0 Å². The maximum Gasteiger partial charge on any atom is 0.0130 e. The fraction of sp³-hybridized carbons (Fsp3) is 1.00. The lowest BCUT2D eigenvalue weighted by atomic mass is 10.0. The molecule has 0 aromatic rings. The SMILES string of the molecule is CCC1CN(SC)C1. The van der Waals surface area contributed by atoms with Crippen LogP contribution < -0.4 is 0 Å². The number of rotatable bonds is 2. The Bertz CT molecular complexity index is 60.9. The Hall–Kier alpha value is 0.310. The van der Waals surface area contributed by atoms with Crippen LogP contribution in [0.3, 0.4) is 0 Å². The highest BCUT2D eigenvalue weighted by molar-refractivity contribution is 7.96. The van der Waals surface area contributed by atoms with Crippen molar-refractivity contribution in [2.45, 2.75) is 13.3 Å². The van der Waals surface area contributed by atoms with Crippen molar-refractivity contribution in [3.63, 3.8) is 0 Å². The highest BCUT2D eigenvalue weighted by Gasteiger charge is 2.23. The van der Waals surface area contributed by atoms with Gasteiger partial charge in [-0.1, -0.05) is 25.3 Å². The molecule has 0 radical (unpaired) electrons. The molecule has 1 saturated heterocycles. The number of hydrogen-bond acceptors (Lipinski definition) is 2. The summed E-state index contributed by atoms with van der Waals surface area (Å²) in [5.74, 6) is 1.00. The van der Waals surface area contributed by atoms with Crippen LogP contribution in [0.2, 0.25) is 0 Å². The Morgan fingerprint density at radius 1 is 1.62 bits per heavy atom. The average molecular weight is 131 g/mol. The Balaban J connectivity index is 2.03. The second-order valence-electron chi connectivity index (χ2n) is 2.30. The molecule has 0 aromatic carbocycles. The number of hydrogen-bond donors (Lipinski definition) is 0. The van der Waals surface area contributed by atoms with Gasteiger partial charge in [0.05, 0.1) is 0 Å². The lowest BCUT2D eigenvalue weighted by molar-refractivity contribution is 0.215. The van der Waals surface area contributed by atoms with E-state index in [0.29, 0.717) is 0 Å². The summed E-state index contributed by atoms with van der Waals surface area (Å²) in [6.07, 6.45) is 3.50. The van der Waals surface area contributed by atoms with E-state index in [-0.39, 0.29) is 0 Å². The van der Waals surface area contributed by atoms with Crippen molar-refractivity contribution in [3.05, 3.63) is 0 Å². The standard InChI is InChI=1S/C6H13NS/c1-3-6-4-7(5-6)8-2/h6H,3-5H2,1-2H3. The molecule has 0 amide bonds. The Morgan fingerprint density at radius 3 is 2.62 bits per heavy atom. The summed E-state index contributed by atoms with van der Waals surface area (Å²) in [6.45, 7) is 4.90. The molecule has 0 spiro atoms.